The lowest BCUT2D eigenvalue weighted by Crippen LogP contribution is -2.28. The normalized spacial score (nSPS) is 12.4. The van der Waals surface area contributed by atoms with E-state index >= 15 is 0 Å². The first-order valence-electron chi connectivity index (χ1n) is 6.58. The Morgan fingerprint density at radius 3 is 2.35 bits per heavy atom. The van der Waals surface area contributed by atoms with Crippen molar-refractivity contribution in [3.8, 4) is 5.75 Å². The predicted octanol–water partition coefficient (Wildman–Crippen LogP) is 3.79. The number of rotatable bonds is 5. The zero-order valence-corrected chi connectivity index (χ0v) is 13.2. The molecule has 106 valence electrons. The van der Waals surface area contributed by atoms with Crippen molar-refractivity contribution in [2.75, 3.05) is 0 Å². The van der Waals surface area contributed by atoms with E-state index in [1.54, 1.807) is 0 Å². The van der Waals surface area contributed by atoms with Crippen LogP contribution in [-0.4, -0.2) is 6.10 Å². The Kier molecular flexibility index (Phi) is 5.17. The Labute approximate surface area is 128 Å². The van der Waals surface area contributed by atoms with Crippen LogP contribution in [0.3, 0.4) is 0 Å². The van der Waals surface area contributed by atoms with E-state index in [4.69, 9.17) is 10.6 Å². The van der Waals surface area contributed by atoms with Gasteiger partial charge in [0, 0.05) is 4.47 Å². The number of halogens is 1. The number of ether oxygens (including phenoxy) is 1. The first kappa shape index (κ1) is 15.0. The van der Waals surface area contributed by atoms with E-state index in [0.29, 0.717) is 0 Å². The van der Waals surface area contributed by atoms with Gasteiger partial charge in [-0.3, -0.25) is 5.84 Å². The second-order valence-corrected chi connectivity index (χ2v) is 5.81. The number of hydrogen-bond donors (Lipinski definition) is 2. The standard InChI is InChI=1S/C16H19BrN2O/c1-11(2)20-15-5-3-4-13(10-15)16(19-18)12-6-8-14(17)9-7-12/h3-11,16,19H,18H2,1-2H3. The number of nitrogens with two attached hydrogens (primary N) is 1. The van der Waals surface area contributed by atoms with E-state index in [-0.39, 0.29) is 12.1 Å². The van der Waals surface area contributed by atoms with Crippen molar-refractivity contribution in [3.05, 3.63) is 64.1 Å². The average Bonchev–Trinajstić information content (AvgIpc) is 2.41. The first-order chi connectivity index (χ1) is 9.60. The monoisotopic (exact) mass is 334 g/mol. The highest BCUT2D eigenvalue weighted by Gasteiger charge is 2.13. The number of hydrogen-bond acceptors (Lipinski definition) is 3. The minimum absolute atomic E-state index is 0.0567. The molecule has 0 heterocycles. The molecule has 1 unspecified atom stereocenters. The van der Waals surface area contributed by atoms with Crippen LogP contribution in [0.25, 0.3) is 0 Å². The number of nitrogens with one attached hydrogen (secondary N) is 1. The van der Waals surface area contributed by atoms with Crippen molar-refractivity contribution < 1.29 is 4.74 Å². The van der Waals surface area contributed by atoms with Gasteiger partial charge in [-0.15, -0.1) is 0 Å². The highest BCUT2D eigenvalue weighted by atomic mass is 79.9. The van der Waals surface area contributed by atoms with Gasteiger partial charge in [0.1, 0.15) is 5.75 Å². The summed E-state index contributed by atoms with van der Waals surface area (Å²) < 4.78 is 6.78. The molecule has 2 aromatic carbocycles. The second kappa shape index (κ2) is 6.88. The topological polar surface area (TPSA) is 47.3 Å². The van der Waals surface area contributed by atoms with Gasteiger partial charge in [0.25, 0.3) is 0 Å². The van der Waals surface area contributed by atoms with Crippen LogP contribution in [0.15, 0.2) is 53.0 Å². The molecule has 4 heteroatoms. The molecule has 0 aliphatic carbocycles. The SMILES string of the molecule is CC(C)Oc1cccc(C(NN)c2ccc(Br)cc2)c1. The lowest BCUT2D eigenvalue weighted by molar-refractivity contribution is 0.242. The molecule has 1 atom stereocenters. The van der Waals surface area contributed by atoms with Crippen molar-refractivity contribution in [1.29, 1.82) is 0 Å². The van der Waals surface area contributed by atoms with E-state index in [1.807, 2.05) is 62.4 Å². The van der Waals surface area contributed by atoms with E-state index < -0.39 is 0 Å². The first-order valence-corrected chi connectivity index (χ1v) is 7.37. The maximum Gasteiger partial charge on any atom is 0.120 e. The summed E-state index contributed by atoms with van der Waals surface area (Å²) >= 11 is 3.44. The predicted molar refractivity (Wildman–Crippen MR) is 85.5 cm³/mol. The van der Waals surface area contributed by atoms with Crippen LogP contribution in [0.4, 0.5) is 0 Å². The molecule has 0 spiro atoms. The molecular formula is C16H19BrN2O. The summed E-state index contributed by atoms with van der Waals surface area (Å²) in [5.41, 5.74) is 5.05. The largest absolute Gasteiger partial charge is 0.491 e. The molecule has 20 heavy (non-hydrogen) atoms. The average molecular weight is 335 g/mol. The Morgan fingerprint density at radius 1 is 1.05 bits per heavy atom. The van der Waals surface area contributed by atoms with Gasteiger partial charge < -0.3 is 4.74 Å². The van der Waals surface area contributed by atoms with E-state index in [9.17, 15) is 0 Å². The van der Waals surface area contributed by atoms with Crippen molar-refractivity contribution >= 4 is 15.9 Å². The number of benzene rings is 2. The zero-order chi connectivity index (χ0) is 14.5. The van der Waals surface area contributed by atoms with E-state index in [1.165, 1.54) is 0 Å². The van der Waals surface area contributed by atoms with Crippen LogP contribution >= 0.6 is 15.9 Å². The summed E-state index contributed by atoms with van der Waals surface area (Å²) in [6.07, 6.45) is 0.155. The molecule has 2 rings (SSSR count). The van der Waals surface area contributed by atoms with Crippen molar-refractivity contribution in [2.24, 2.45) is 5.84 Å². The van der Waals surface area contributed by atoms with Crippen LogP contribution in [0.2, 0.25) is 0 Å². The molecule has 3 N–H and O–H groups in total. The molecule has 0 saturated carbocycles. The van der Waals surface area contributed by atoms with Gasteiger partial charge in [0.15, 0.2) is 0 Å². The third kappa shape index (κ3) is 3.82. The van der Waals surface area contributed by atoms with Crippen LogP contribution in [0.1, 0.15) is 31.0 Å². The molecule has 0 radical (unpaired) electrons. The molecule has 0 saturated heterocycles. The third-order valence-corrected chi connectivity index (χ3v) is 3.46. The minimum atomic E-state index is -0.0567. The van der Waals surface area contributed by atoms with Crippen LogP contribution in [0.5, 0.6) is 5.75 Å². The molecule has 0 aliphatic rings. The molecule has 2 aromatic rings. The fourth-order valence-electron chi connectivity index (χ4n) is 2.08. The van der Waals surface area contributed by atoms with Crippen LogP contribution < -0.4 is 16.0 Å². The van der Waals surface area contributed by atoms with Crippen molar-refractivity contribution in [1.82, 2.24) is 5.43 Å². The van der Waals surface area contributed by atoms with Crippen molar-refractivity contribution in [3.63, 3.8) is 0 Å². The fraction of sp³-hybridized carbons (Fsp3) is 0.250. The van der Waals surface area contributed by atoms with Gasteiger partial charge in [-0.2, -0.15) is 0 Å². The van der Waals surface area contributed by atoms with Gasteiger partial charge in [-0.1, -0.05) is 40.2 Å². The summed E-state index contributed by atoms with van der Waals surface area (Å²) in [6, 6.07) is 16.1. The smallest absolute Gasteiger partial charge is 0.120 e. The lowest BCUT2D eigenvalue weighted by atomic mass is 9.99. The Morgan fingerprint density at radius 2 is 1.75 bits per heavy atom. The highest BCUT2D eigenvalue weighted by Crippen LogP contribution is 2.26. The van der Waals surface area contributed by atoms with Gasteiger partial charge in [-0.25, -0.2) is 5.43 Å². The van der Waals surface area contributed by atoms with Gasteiger partial charge in [-0.05, 0) is 49.2 Å². The Hall–Kier alpha value is -1.36. The Bertz CT molecular complexity index is 555. The molecule has 3 nitrogen and oxygen atoms in total. The molecule has 0 aliphatic heterocycles. The van der Waals surface area contributed by atoms with Gasteiger partial charge in [0.2, 0.25) is 0 Å². The summed E-state index contributed by atoms with van der Waals surface area (Å²) in [5.74, 6) is 6.58. The second-order valence-electron chi connectivity index (χ2n) is 4.89. The van der Waals surface area contributed by atoms with Crippen LogP contribution in [0, 0.1) is 0 Å². The molecule has 0 fully saturated rings. The van der Waals surface area contributed by atoms with Crippen LogP contribution in [-0.2, 0) is 0 Å². The molecule has 0 amide bonds. The van der Waals surface area contributed by atoms with Gasteiger partial charge >= 0.3 is 0 Å². The zero-order valence-electron chi connectivity index (χ0n) is 11.6. The van der Waals surface area contributed by atoms with Crippen molar-refractivity contribution in [2.45, 2.75) is 26.0 Å². The van der Waals surface area contributed by atoms with E-state index in [0.717, 1.165) is 21.3 Å². The lowest BCUT2D eigenvalue weighted by Gasteiger charge is -2.18. The highest BCUT2D eigenvalue weighted by molar-refractivity contribution is 9.10. The van der Waals surface area contributed by atoms with E-state index in [2.05, 4.69) is 21.4 Å². The van der Waals surface area contributed by atoms with Gasteiger partial charge in [0.05, 0.1) is 12.1 Å². The molecule has 0 aromatic heterocycles. The molecular weight excluding hydrogens is 316 g/mol. The maximum atomic E-state index is 5.73. The third-order valence-electron chi connectivity index (χ3n) is 2.93. The number of hydrazine groups is 1. The molecule has 0 bridgehead atoms. The summed E-state index contributed by atoms with van der Waals surface area (Å²) in [7, 11) is 0. The quantitative estimate of drug-likeness (QED) is 0.646. The summed E-state index contributed by atoms with van der Waals surface area (Å²) in [5, 5.41) is 0. The minimum Gasteiger partial charge on any atom is -0.491 e. The fourth-order valence-corrected chi connectivity index (χ4v) is 2.34. The summed E-state index contributed by atoms with van der Waals surface area (Å²) in [4.78, 5) is 0. The summed E-state index contributed by atoms with van der Waals surface area (Å²) in [6.45, 7) is 4.03. The Balaban J connectivity index is 2.29. The maximum absolute atomic E-state index is 5.73.